The van der Waals surface area contributed by atoms with E-state index < -0.39 is 0 Å². The predicted molar refractivity (Wildman–Crippen MR) is 76.1 cm³/mol. The van der Waals surface area contributed by atoms with Gasteiger partial charge in [0, 0.05) is 5.02 Å². The molecule has 0 aliphatic rings. The van der Waals surface area contributed by atoms with Gasteiger partial charge in [0.25, 0.3) is 0 Å². The number of carbonyl (C=O) groups is 1. The molecular weight excluding hydrogens is 278 g/mol. The molecule has 0 saturated heterocycles. The zero-order chi connectivity index (χ0) is 14.5. The standard InChI is InChI=1S/C15H16ClNO3/c1-3-19-15(18)14-10(2)20-17-13(14)9-6-11-4-7-12(16)8-5-11/h4-5,7-8H,3,6,9H2,1-2H3. The van der Waals surface area contributed by atoms with E-state index in [0.717, 1.165) is 12.0 Å². The summed E-state index contributed by atoms with van der Waals surface area (Å²) in [5, 5.41) is 4.66. The molecule has 0 aliphatic heterocycles. The number of aryl methyl sites for hydroxylation is 3. The van der Waals surface area contributed by atoms with Crippen molar-refractivity contribution < 1.29 is 14.1 Å². The van der Waals surface area contributed by atoms with Gasteiger partial charge >= 0.3 is 5.97 Å². The fourth-order valence-corrected chi connectivity index (χ4v) is 2.09. The van der Waals surface area contributed by atoms with Crippen LogP contribution in [0.5, 0.6) is 0 Å². The molecule has 1 aromatic carbocycles. The number of hydrogen-bond acceptors (Lipinski definition) is 4. The molecule has 2 aromatic rings. The zero-order valence-electron chi connectivity index (χ0n) is 11.5. The molecule has 20 heavy (non-hydrogen) atoms. The van der Waals surface area contributed by atoms with Crippen molar-refractivity contribution in [3.8, 4) is 0 Å². The van der Waals surface area contributed by atoms with Crippen molar-refractivity contribution >= 4 is 17.6 Å². The molecule has 0 spiro atoms. The molecule has 0 N–H and O–H groups in total. The van der Waals surface area contributed by atoms with Gasteiger partial charge in [-0.1, -0.05) is 28.9 Å². The summed E-state index contributed by atoms with van der Waals surface area (Å²) in [5.74, 6) is 0.118. The zero-order valence-corrected chi connectivity index (χ0v) is 12.2. The maximum Gasteiger partial charge on any atom is 0.343 e. The Balaban J connectivity index is 2.10. The van der Waals surface area contributed by atoms with Gasteiger partial charge in [0.2, 0.25) is 0 Å². The van der Waals surface area contributed by atoms with Crippen molar-refractivity contribution in [3.05, 3.63) is 51.9 Å². The minimum Gasteiger partial charge on any atom is -0.462 e. The number of hydrogen-bond donors (Lipinski definition) is 0. The molecule has 106 valence electrons. The summed E-state index contributed by atoms with van der Waals surface area (Å²) in [4.78, 5) is 11.9. The normalized spacial score (nSPS) is 10.6. The fraction of sp³-hybridized carbons (Fsp3) is 0.333. The highest BCUT2D eigenvalue weighted by Crippen LogP contribution is 2.18. The molecule has 5 heteroatoms. The first kappa shape index (κ1) is 14.6. The van der Waals surface area contributed by atoms with Gasteiger partial charge in [-0.3, -0.25) is 0 Å². The van der Waals surface area contributed by atoms with E-state index in [1.54, 1.807) is 13.8 Å². The Bertz CT molecular complexity index is 590. The number of benzene rings is 1. The summed E-state index contributed by atoms with van der Waals surface area (Å²) in [6, 6.07) is 7.60. The van der Waals surface area contributed by atoms with Crippen LogP contribution in [-0.4, -0.2) is 17.7 Å². The molecule has 0 aliphatic carbocycles. The van der Waals surface area contributed by atoms with Gasteiger partial charge in [-0.2, -0.15) is 0 Å². The second-order valence-electron chi connectivity index (χ2n) is 4.41. The molecule has 0 radical (unpaired) electrons. The lowest BCUT2D eigenvalue weighted by Crippen LogP contribution is -2.08. The summed E-state index contributed by atoms with van der Waals surface area (Å²) in [5.41, 5.74) is 2.21. The van der Waals surface area contributed by atoms with Gasteiger partial charge in [0.15, 0.2) is 0 Å². The summed E-state index contributed by atoms with van der Waals surface area (Å²) in [6.07, 6.45) is 1.38. The van der Waals surface area contributed by atoms with E-state index in [1.165, 1.54) is 0 Å². The third kappa shape index (κ3) is 3.39. The van der Waals surface area contributed by atoms with Gasteiger partial charge in [0.1, 0.15) is 11.3 Å². The van der Waals surface area contributed by atoms with Gasteiger partial charge in [-0.05, 0) is 44.4 Å². The number of esters is 1. The summed E-state index contributed by atoms with van der Waals surface area (Å²) in [7, 11) is 0. The molecule has 1 heterocycles. The van der Waals surface area contributed by atoms with E-state index in [2.05, 4.69) is 5.16 Å². The van der Waals surface area contributed by atoms with Crippen molar-refractivity contribution in [1.29, 1.82) is 0 Å². The fourth-order valence-electron chi connectivity index (χ4n) is 1.97. The number of aromatic nitrogens is 1. The first-order valence-electron chi connectivity index (χ1n) is 6.48. The van der Waals surface area contributed by atoms with E-state index in [1.807, 2.05) is 24.3 Å². The first-order chi connectivity index (χ1) is 9.61. The molecular formula is C15H16ClNO3. The van der Waals surface area contributed by atoms with Crippen molar-refractivity contribution in [3.63, 3.8) is 0 Å². The second-order valence-corrected chi connectivity index (χ2v) is 4.84. The van der Waals surface area contributed by atoms with Crippen LogP contribution in [0.3, 0.4) is 0 Å². The van der Waals surface area contributed by atoms with Crippen molar-refractivity contribution in [1.82, 2.24) is 5.16 Å². The van der Waals surface area contributed by atoms with Crippen LogP contribution < -0.4 is 0 Å². The molecule has 2 rings (SSSR count). The third-order valence-corrected chi connectivity index (χ3v) is 3.23. The van der Waals surface area contributed by atoms with E-state index >= 15 is 0 Å². The molecule has 4 nitrogen and oxygen atoms in total. The van der Waals surface area contributed by atoms with Gasteiger partial charge in [0.05, 0.1) is 12.3 Å². The lowest BCUT2D eigenvalue weighted by atomic mass is 10.1. The number of carbonyl (C=O) groups excluding carboxylic acids is 1. The number of ether oxygens (including phenoxy) is 1. The Labute approximate surface area is 122 Å². The Morgan fingerprint density at radius 1 is 1.30 bits per heavy atom. The van der Waals surface area contributed by atoms with E-state index in [9.17, 15) is 4.79 Å². The van der Waals surface area contributed by atoms with E-state index in [0.29, 0.717) is 35.1 Å². The van der Waals surface area contributed by atoms with Crippen LogP contribution in [0.4, 0.5) is 0 Å². The summed E-state index contributed by atoms with van der Waals surface area (Å²) in [6.45, 7) is 3.82. The average molecular weight is 294 g/mol. The Morgan fingerprint density at radius 3 is 2.65 bits per heavy atom. The van der Waals surface area contributed by atoms with E-state index in [4.69, 9.17) is 20.9 Å². The topological polar surface area (TPSA) is 52.3 Å². The summed E-state index contributed by atoms with van der Waals surface area (Å²) < 4.78 is 10.1. The molecule has 0 fully saturated rings. The Kier molecular flexibility index (Phi) is 4.79. The minimum atomic E-state index is -0.377. The smallest absolute Gasteiger partial charge is 0.343 e. The lowest BCUT2D eigenvalue weighted by molar-refractivity contribution is 0.0523. The monoisotopic (exact) mass is 293 g/mol. The Morgan fingerprint density at radius 2 is 2.00 bits per heavy atom. The minimum absolute atomic E-state index is 0.333. The van der Waals surface area contributed by atoms with Gasteiger partial charge in [-0.15, -0.1) is 0 Å². The molecule has 0 bridgehead atoms. The molecule has 1 aromatic heterocycles. The SMILES string of the molecule is CCOC(=O)c1c(CCc2ccc(Cl)cc2)noc1C. The average Bonchev–Trinajstić information content (AvgIpc) is 2.79. The molecule has 0 saturated carbocycles. The number of rotatable bonds is 5. The lowest BCUT2D eigenvalue weighted by Gasteiger charge is -2.03. The third-order valence-electron chi connectivity index (χ3n) is 2.98. The Hall–Kier alpha value is -1.81. The van der Waals surface area contributed by atoms with Crippen molar-refractivity contribution in [2.45, 2.75) is 26.7 Å². The highest BCUT2D eigenvalue weighted by atomic mass is 35.5. The van der Waals surface area contributed by atoms with Crippen LogP contribution in [-0.2, 0) is 17.6 Å². The highest BCUT2D eigenvalue weighted by Gasteiger charge is 2.21. The van der Waals surface area contributed by atoms with Gasteiger partial charge in [-0.25, -0.2) is 4.79 Å². The number of nitrogens with zero attached hydrogens (tertiary/aromatic N) is 1. The maximum absolute atomic E-state index is 11.9. The van der Waals surface area contributed by atoms with Crippen LogP contribution in [0.2, 0.25) is 5.02 Å². The highest BCUT2D eigenvalue weighted by molar-refractivity contribution is 6.30. The number of halogens is 1. The molecule has 0 amide bonds. The first-order valence-corrected chi connectivity index (χ1v) is 6.86. The van der Waals surface area contributed by atoms with E-state index in [-0.39, 0.29) is 5.97 Å². The summed E-state index contributed by atoms with van der Waals surface area (Å²) >= 11 is 5.85. The molecule has 0 atom stereocenters. The molecule has 0 unspecified atom stereocenters. The largest absolute Gasteiger partial charge is 0.462 e. The van der Waals surface area contributed by atoms with Crippen LogP contribution in [0.15, 0.2) is 28.8 Å². The van der Waals surface area contributed by atoms with Gasteiger partial charge < -0.3 is 9.26 Å². The van der Waals surface area contributed by atoms with Crippen LogP contribution >= 0.6 is 11.6 Å². The van der Waals surface area contributed by atoms with Crippen LogP contribution in [0, 0.1) is 6.92 Å². The quantitative estimate of drug-likeness (QED) is 0.790. The van der Waals surface area contributed by atoms with Crippen LogP contribution in [0.1, 0.15) is 34.3 Å². The van der Waals surface area contributed by atoms with Crippen molar-refractivity contribution in [2.75, 3.05) is 6.61 Å². The predicted octanol–water partition coefficient (Wildman–Crippen LogP) is 3.60. The van der Waals surface area contributed by atoms with Crippen LogP contribution in [0.25, 0.3) is 0 Å². The van der Waals surface area contributed by atoms with Crippen molar-refractivity contribution in [2.24, 2.45) is 0 Å². The second kappa shape index (κ2) is 6.57. The maximum atomic E-state index is 11.9.